The molecule has 0 radical (unpaired) electrons. The molecule has 5 nitrogen and oxygen atoms in total. The van der Waals surface area contributed by atoms with Crippen molar-refractivity contribution in [2.75, 3.05) is 0 Å². The second-order valence-corrected chi connectivity index (χ2v) is 8.85. The first-order valence-corrected chi connectivity index (χ1v) is 11.6. The number of benzene rings is 3. The molecule has 0 aliphatic rings. The van der Waals surface area contributed by atoms with Crippen LogP contribution in [0.15, 0.2) is 84.2 Å². The fourth-order valence-corrected chi connectivity index (χ4v) is 4.85. The Labute approximate surface area is 194 Å². The van der Waals surface area contributed by atoms with Gasteiger partial charge >= 0.3 is 0 Å². The lowest BCUT2D eigenvalue weighted by molar-refractivity contribution is 0.495. The summed E-state index contributed by atoms with van der Waals surface area (Å²) in [6.07, 6.45) is 0. The van der Waals surface area contributed by atoms with Crippen LogP contribution >= 0.6 is 11.3 Å². The van der Waals surface area contributed by atoms with Crippen molar-refractivity contribution in [3.8, 4) is 27.6 Å². The Morgan fingerprint density at radius 2 is 1.45 bits per heavy atom. The molecule has 0 saturated heterocycles. The van der Waals surface area contributed by atoms with Gasteiger partial charge in [0, 0.05) is 23.1 Å². The van der Waals surface area contributed by atoms with Gasteiger partial charge in [0.1, 0.15) is 16.9 Å². The molecule has 3 aromatic carbocycles. The van der Waals surface area contributed by atoms with Crippen LogP contribution in [-0.4, -0.2) is 24.6 Å². The van der Waals surface area contributed by atoms with E-state index in [0.29, 0.717) is 11.0 Å². The van der Waals surface area contributed by atoms with Gasteiger partial charge in [-0.2, -0.15) is 0 Å². The molecule has 6 aromatic rings. The number of nitrogens with zero attached hydrogens (tertiary/aromatic N) is 4. The van der Waals surface area contributed by atoms with Crippen LogP contribution in [-0.2, 0) is 6.54 Å². The van der Waals surface area contributed by atoms with Gasteiger partial charge in [0.15, 0.2) is 5.06 Å². The summed E-state index contributed by atoms with van der Waals surface area (Å²) >= 11 is 1.25. The number of aromatic nitrogens is 4. The average molecular weight is 449 g/mol. The van der Waals surface area contributed by atoms with Crippen molar-refractivity contribution in [3.05, 3.63) is 95.6 Å². The monoisotopic (exact) mass is 448 g/mol. The van der Waals surface area contributed by atoms with Crippen molar-refractivity contribution in [2.24, 2.45) is 0 Å². The molecule has 1 N–H and O–H groups in total. The first kappa shape index (κ1) is 19.6. The zero-order chi connectivity index (χ0) is 22.4. The fourth-order valence-electron chi connectivity index (χ4n) is 4.20. The number of aromatic hydroxyl groups is 1. The third-order valence-electron chi connectivity index (χ3n) is 5.87. The number of rotatable bonds is 4. The Hall–Kier alpha value is -4.03. The van der Waals surface area contributed by atoms with Gasteiger partial charge < -0.3 is 9.67 Å². The van der Waals surface area contributed by atoms with E-state index in [2.05, 4.69) is 39.9 Å². The standard InChI is InChI=1S/C27H20N4OS/c1-17-28-21-9-5-6-10-23(21)31(17)15-18-11-13-20(14-12-18)24-25(19-7-3-2-4-8-19)30-26-22(29-24)16-33-27(26)32/h2-14,16,32H,15H2,1H3. The molecule has 3 aromatic heterocycles. The lowest BCUT2D eigenvalue weighted by atomic mass is 10.0. The first-order valence-electron chi connectivity index (χ1n) is 10.7. The van der Waals surface area contributed by atoms with Gasteiger partial charge in [-0.05, 0) is 24.6 Å². The van der Waals surface area contributed by atoms with Gasteiger partial charge in [0.25, 0.3) is 0 Å². The Morgan fingerprint density at radius 3 is 2.27 bits per heavy atom. The maximum absolute atomic E-state index is 10.2. The van der Waals surface area contributed by atoms with Crippen LogP contribution in [0.2, 0.25) is 0 Å². The molecule has 0 spiro atoms. The first-order chi connectivity index (χ1) is 16.2. The van der Waals surface area contributed by atoms with Gasteiger partial charge in [-0.15, -0.1) is 11.3 Å². The maximum Gasteiger partial charge on any atom is 0.199 e. The summed E-state index contributed by atoms with van der Waals surface area (Å²) in [5.41, 5.74) is 8.12. The molecule has 0 bridgehead atoms. The molecular weight excluding hydrogens is 428 g/mol. The van der Waals surface area contributed by atoms with E-state index in [4.69, 9.17) is 9.97 Å². The maximum atomic E-state index is 10.2. The molecule has 0 aliphatic heterocycles. The van der Waals surface area contributed by atoms with Crippen LogP contribution in [0, 0.1) is 6.92 Å². The van der Waals surface area contributed by atoms with Crippen molar-refractivity contribution in [1.82, 2.24) is 19.5 Å². The number of hydrogen-bond acceptors (Lipinski definition) is 5. The minimum absolute atomic E-state index is 0.194. The van der Waals surface area contributed by atoms with E-state index < -0.39 is 0 Å². The molecule has 0 amide bonds. The van der Waals surface area contributed by atoms with E-state index >= 15 is 0 Å². The van der Waals surface area contributed by atoms with E-state index in [0.717, 1.165) is 45.9 Å². The predicted molar refractivity (Wildman–Crippen MR) is 134 cm³/mol. The lowest BCUT2D eigenvalue weighted by Crippen LogP contribution is -2.02. The van der Waals surface area contributed by atoms with Crippen molar-refractivity contribution >= 4 is 33.4 Å². The number of thiophene rings is 1. The second-order valence-electron chi connectivity index (χ2n) is 7.99. The van der Waals surface area contributed by atoms with Crippen LogP contribution < -0.4 is 0 Å². The highest BCUT2D eigenvalue weighted by Gasteiger charge is 2.16. The van der Waals surface area contributed by atoms with Crippen molar-refractivity contribution < 1.29 is 5.11 Å². The Balaban J connectivity index is 1.41. The normalized spacial score (nSPS) is 11.4. The van der Waals surface area contributed by atoms with E-state index in [1.807, 2.05) is 60.8 Å². The number of para-hydroxylation sites is 2. The third-order valence-corrected chi connectivity index (χ3v) is 6.63. The number of imidazole rings is 1. The largest absolute Gasteiger partial charge is 0.498 e. The van der Waals surface area contributed by atoms with E-state index in [-0.39, 0.29) is 5.06 Å². The highest BCUT2D eigenvalue weighted by atomic mass is 32.1. The molecule has 0 fully saturated rings. The molecule has 0 unspecified atom stereocenters. The highest BCUT2D eigenvalue weighted by Crippen LogP contribution is 2.36. The summed E-state index contributed by atoms with van der Waals surface area (Å²) in [4.78, 5) is 14.3. The van der Waals surface area contributed by atoms with Gasteiger partial charge in [0.2, 0.25) is 0 Å². The highest BCUT2D eigenvalue weighted by molar-refractivity contribution is 7.13. The predicted octanol–water partition coefficient (Wildman–Crippen LogP) is 6.44. The molecule has 0 atom stereocenters. The Bertz CT molecular complexity index is 1600. The third kappa shape index (κ3) is 3.45. The quantitative estimate of drug-likeness (QED) is 0.337. The van der Waals surface area contributed by atoms with Gasteiger partial charge in [-0.25, -0.2) is 15.0 Å². The van der Waals surface area contributed by atoms with Crippen molar-refractivity contribution in [3.63, 3.8) is 0 Å². The van der Waals surface area contributed by atoms with Gasteiger partial charge in [-0.3, -0.25) is 0 Å². The van der Waals surface area contributed by atoms with Crippen LogP contribution in [0.5, 0.6) is 5.06 Å². The molecular formula is C27H20N4OS. The SMILES string of the molecule is Cc1nc2ccccc2n1Cc1ccc(-c2nc3csc(O)c3nc2-c2ccccc2)cc1. The van der Waals surface area contributed by atoms with Crippen LogP contribution in [0.4, 0.5) is 0 Å². The molecule has 0 aliphatic carbocycles. The summed E-state index contributed by atoms with van der Waals surface area (Å²) in [5, 5.41) is 12.2. The molecule has 3 heterocycles. The van der Waals surface area contributed by atoms with Crippen LogP contribution in [0.1, 0.15) is 11.4 Å². The zero-order valence-electron chi connectivity index (χ0n) is 17.9. The summed E-state index contributed by atoms with van der Waals surface area (Å²) in [7, 11) is 0. The summed E-state index contributed by atoms with van der Waals surface area (Å²) in [6.45, 7) is 2.79. The number of hydrogen-bond donors (Lipinski definition) is 1. The van der Waals surface area contributed by atoms with Crippen molar-refractivity contribution in [2.45, 2.75) is 13.5 Å². The number of aryl methyl sites for hydroxylation is 1. The minimum Gasteiger partial charge on any atom is -0.498 e. The Morgan fingerprint density at radius 1 is 0.758 bits per heavy atom. The smallest absolute Gasteiger partial charge is 0.199 e. The molecule has 6 heteroatoms. The topological polar surface area (TPSA) is 63.8 Å². The Kier molecular flexibility index (Phi) is 4.66. The fraction of sp³-hybridized carbons (Fsp3) is 0.0741. The molecule has 0 saturated carbocycles. The average Bonchev–Trinajstić information content (AvgIpc) is 3.38. The van der Waals surface area contributed by atoms with E-state index in [9.17, 15) is 5.11 Å². The van der Waals surface area contributed by atoms with E-state index in [1.54, 1.807) is 0 Å². The van der Waals surface area contributed by atoms with Gasteiger partial charge in [-0.1, -0.05) is 66.7 Å². The van der Waals surface area contributed by atoms with Crippen LogP contribution in [0.3, 0.4) is 0 Å². The lowest BCUT2D eigenvalue weighted by Gasteiger charge is -2.11. The van der Waals surface area contributed by atoms with Gasteiger partial charge in [0.05, 0.1) is 22.4 Å². The summed E-state index contributed by atoms with van der Waals surface area (Å²) in [6, 6.07) is 26.7. The molecule has 6 rings (SSSR count). The van der Waals surface area contributed by atoms with E-state index in [1.165, 1.54) is 16.9 Å². The summed E-state index contributed by atoms with van der Waals surface area (Å²) in [5.74, 6) is 1.00. The molecule has 33 heavy (non-hydrogen) atoms. The second kappa shape index (κ2) is 7.83. The molecule has 160 valence electrons. The van der Waals surface area contributed by atoms with Crippen molar-refractivity contribution in [1.29, 1.82) is 0 Å². The van der Waals surface area contributed by atoms with Crippen LogP contribution in [0.25, 0.3) is 44.6 Å². The minimum atomic E-state index is 0.194. The summed E-state index contributed by atoms with van der Waals surface area (Å²) < 4.78 is 2.24. The number of fused-ring (bicyclic) bond motifs is 2. The zero-order valence-corrected chi connectivity index (χ0v) is 18.8.